The van der Waals surface area contributed by atoms with Crippen LogP contribution in [0.1, 0.15) is 18.5 Å². The van der Waals surface area contributed by atoms with Gasteiger partial charge in [-0.2, -0.15) is 0 Å². The van der Waals surface area contributed by atoms with E-state index in [4.69, 9.17) is 4.74 Å². The monoisotopic (exact) mass is 285 g/mol. The summed E-state index contributed by atoms with van der Waals surface area (Å²) in [4.78, 5) is 4.44. The van der Waals surface area contributed by atoms with Crippen molar-refractivity contribution in [3.05, 3.63) is 48.2 Å². The van der Waals surface area contributed by atoms with E-state index in [2.05, 4.69) is 4.98 Å². The number of pyridine rings is 1. The van der Waals surface area contributed by atoms with Crippen molar-refractivity contribution in [2.24, 2.45) is 0 Å². The van der Waals surface area contributed by atoms with Crippen molar-refractivity contribution in [3.63, 3.8) is 0 Å². The third-order valence-corrected chi connectivity index (χ3v) is 4.39. The molecule has 1 aromatic carbocycles. The first kappa shape index (κ1) is 12.8. The smallest absolute Gasteiger partial charge is 0.202 e. The minimum absolute atomic E-state index is 0.0604. The minimum Gasteiger partial charge on any atom is -0.485 e. The molecule has 21 heavy (non-hydrogen) atoms. The van der Waals surface area contributed by atoms with Gasteiger partial charge in [0.05, 0.1) is 5.69 Å². The van der Waals surface area contributed by atoms with E-state index in [1.54, 1.807) is 12.1 Å². The van der Waals surface area contributed by atoms with Crippen molar-refractivity contribution in [2.45, 2.75) is 30.3 Å². The molecule has 4 rings (SSSR count). The summed E-state index contributed by atoms with van der Waals surface area (Å²) in [5.41, 5.74) is -0.106. The fourth-order valence-electron chi connectivity index (χ4n) is 3.21. The van der Waals surface area contributed by atoms with Crippen molar-refractivity contribution < 1.29 is 20.1 Å². The second-order valence-electron chi connectivity index (χ2n) is 5.64. The number of rotatable bonds is 1. The number of benzene rings is 1. The first-order chi connectivity index (χ1) is 10.0. The summed E-state index contributed by atoms with van der Waals surface area (Å²) in [6.45, 7) is 0. The van der Waals surface area contributed by atoms with Gasteiger partial charge in [-0.15, -0.1) is 0 Å². The predicted octanol–water partition coefficient (Wildman–Crippen LogP) is 1.17. The molecule has 2 aliphatic rings. The van der Waals surface area contributed by atoms with Gasteiger partial charge in [-0.1, -0.05) is 30.3 Å². The van der Waals surface area contributed by atoms with Gasteiger partial charge in [0.15, 0.2) is 0 Å². The Labute approximate surface area is 121 Å². The summed E-state index contributed by atoms with van der Waals surface area (Å²) in [5, 5.41) is 31.0. The molecular weight excluding hydrogens is 270 g/mol. The molecule has 3 N–H and O–H groups in total. The topological polar surface area (TPSA) is 82.8 Å². The van der Waals surface area contributed by atoms with Crippen LogP contribution in [-0.2, 0) is 5.60 Å². The Balaban J connectivity index is 1.87. The summed E-state index contributed by atoms with van der Waals surface area (Å²) in [5.74, 6) is -1.81. The third kappa shape index (κ3) is 1.59. The fraction of sp³-hybridized carbons (Fsp3) is 0.312. The van der Waals surface area contributed by atoms with Crippen LogP contribution in [0.2, 0.25) is 0 Å². The van der Waals surface area contributed by atoms with Crippen molar-refractivity contribution in [3.8, 4) is 17.0 Å². The molecule has 108 valence electrons. The highest BCUT2D eigenvalue weighted by molar-refractivity contribution is 5.61. The Bertz CT molecular complexity index is 701. The van der Waals surface area contributed by atoms with Gasteiger partial charge >= 0.3 is 0 Å². The molecule has 2 atom stereocenters. The van der Waals surface area contributed by atoms with Crippen molar-refractivity contribution in [1.29, 1.82) is 0 Å². The third-order valence-electron chi connectivity index (χ3n) is 4.39. The van der Waals surface area contributed by atoms with E-state index in [1.807, 2.05) is 30.3 Å². The van der Waals surface area contributed by atoms with E-state index in [0.717, 1.165) is 5.56 Å². The van der Waals surface area contributed by atoms with Crippen molar-refractivity contribution in [2.75, 3.05) is 0 Å². The standard InChI is InChI=1S/C16H15NO4/c18-15(19)9-8-13-16(15,20)14-12(21-13)7-6-11(17-14)10-4-2-1-3-5-10/h1-7,13,18-20H,8-9H2. The van der Waals surface area contributed by atoms with E-state index in [0.29, 0.717) is 17.9 Å². The molecular formula is C16H15NO4. The molecule has 0 amide bonds. The van der Waals surface area contributed by atoms with E-state index >= 15 is 0 Å². The summed E-state index contributed by atoms with van der Waals surface area (Å²) in [6, 6.07) is 13.0. The molecule has 5 heteroatoms. The largest absolute Gasteiger partial charge is 0.485 e. The highest BCUT2D eigenvalue weighted by Crippen LogP contribution is 2.53. The minimum atomic E-state index is -2.22. The van der Waals surface area contributed by atoms with Gasteiger partial charge in [-0.3, -0.25) is 0 Å². The summed E-state index contributed by atoms with van der Waals surface area (Å²) >= 11 is 0. The van der Waals surface area contributed by atoms with Crippen LogP contribution in [0.15, 0.2) is 42.5 Å². The van der Waals surface area contributed by atoms with Gasteiger partial charge in [0.2, 0.25) is 11.4 Å². The maximum Gasteiger partial charge on any atom is 0.202 e. The molecule has 0 bridgehead atoms. The number of fused-ring (bicyclic) bond motifs is 3. The number of aromatic nitrogens is 1. The molecule has 0 spiro atoms. The van der Waals surface area contributed by atoms with Gasteiger partial charge < -0.3 is 20.1 Å². The first-order valence-corrected chi connectivity index (χ1v) is 6.93. The van der Waals surface area contributed by atoms with Crippen molar-refractivity contribution in [1.82, 2.24) is 4.98 Å². The van der Waals surface area contributed by atoms with Gasteiger partial charge in [0, 0.05) is 12.0 Å². The highest BCUT2D eigenvalue weighted by atomic mass is 16.6. The lowest BCUT2D eigenvalue weighted by Gasteiger charge is -2.31. The fourth-order valence-corrected chi connectivity index (χ4v) is 3.21. The summed E-state index contributed by atoms with van der Waals surface area (Å²) in [6.07, 6.45) is -0.230. The average molecular weight is 285 g/mol. The molecule has 0 saturated heterocycles. The number of hydrogen-bond acceptors (Lipinski definition) is 5. The maximum atomic E-state index is 10.8. The summed E-state index contributed by atoms with van der Waals surface area (Å²) < 4.78 is 5.63. The second-order valence-corrected chi connectivity index (χ2v) is 5.64. The lowest BCUT2D eigenvalue weighted by atomic mass is 9.91. The van der Waals surface area contributed by atoms with Gasteiger partial charge in [0.1, 0.15) is 17.5 Å². The van der Waals surface area contributed by atoms with Crippen LogP contribution in [-0.4, -0.2) is 32.2 Å². The average Bonchev–Trinajstić information content (AvgIpc) is 2.91. The zero-order chi connectivity index (χ0) is 14.7. The van der Waals surface area contributed by atoms with Crippen LogP contribution in [0.4, 0.5) is 0 Å². The van der Waals surface area contributed by atoms with Gasteiger partial charge in [-0.25, -0.2) is 4.98 Å². The zero-order valence-electron chi connectivity index (χ0n) is 11.2. The van der Waals surface area contributed by atoms with Crippen LogP contribution < -0.4 is 4.74 Å². The lowest BCUT2D eigenvalue weighted by molar-refractivity contribution is -0.272. The Morgan fingerprint density at radius 2 is 1.81 bits per heavy atom. The van der Waals surface area contributed by atoms with Crippen molar-refractivity contribution >= 4 is 0 Å². The SMILES string of the molecule is OC1(O)CCC2Oc3ccc(-c4ccccc4)nc3C21O. The lowest BCUT2D eigenvalue weighted by Crippen LogP contribution is -2.51. The van der Waals surface area contributed by atoms with E-state index in [1.165, 1.54) is 0 Å². The Kier molecular flexibility index (Phi) is 2.45. The first-order valence-electron chi connectivity index (χ1n) is 6.93. The molecule has 1 aromatic heterocycles. The van der Waals surface area contributed by atoms with Crippen LogP contribution in [0.3, 0.4) is 0 Å². The Hall–Kier alpha value is -1.95. The van der Waals surface area contributed by atoms with Gasteiger partial charge in [-0.05, 0) is 18.6 Å². The normalized spacial score (nSPS) is 28.8. The highest BCUT2D eigenvalue weighted by Gasteiger charge is 2.66. The molecule has 2 heterocycles. The van der Waals surface area contributed by atoms with E-state index in [-0.39, 0.29) is 12.1 Å². The molecule has 2 unspecified atom stereocenters. The Morgan fingerprint density at radius 3 is 2.57 bits per heavy atom. The molecule has 1 saturated carbocycles. The van der Waals surface area contributed by atoms with Gasteiger partial charge in [0.25, 0.3) is 0 Å². The Morgan fingerprint density at radius 1 is 1.05 bits per heavy atom. The van der Waals surface area contributed by atoms with E-state index in [9.17, 15) is 15.3 Å². The number of aliphatic hydroxyl groups is 3. The van der Waals surface area contributed by atoms with E-state index < -0.39 is 17.5 Å². The zero-order valence-corrected chi connectivity index (χ0v) is 11.2. The second kappa shape index (κ2) is 4.04. The molecule has 0 radical (unpaired) electrons. The molecule has 2 aromatic rings. The summed E-state index contributed by atoms with van der Waals surface area (Å²) in [7, 11) is 0. The number of hydrogen-bond donors (Lipinski definition) is 3. The molecule has 1 aliphatic carbocycles. The number of nitrogens with zero attached hydrogens (tertiary/aromatic N) is 1. The predicted molar refractivity (Wildman–Crippen MR) is 74.4 cm³/mol. The van der Waals surface area contributed by atoms with Crippen LogP contribution in [0.25, 0.3) is 11.3 Å². The maximum absolute atomic E-state index is 10.8. The molecule has 1 fully saturated rings. The van der Waals surface area contributed by atoms with Crippen LogP contribution in [0, 0.1) is 0 Å². The molecule has 1 aliphatic heterocycles. The molecule has 5 nitrogen and oxygen atoms in total. The van der Waals surface area contributed by atoms with Crippen LogP contribution in [0.5, 0.6) is 5.75 Å². The number of ether oxygens (including phenoxy) is 1. The van der Waals surface area contributed by atoms with Crippen LogP contribution >= 0.6 is 0 Å². The quantitative estimate of drug-likeness (QED) is 0.685.